The molecule has 5 nitrogen and oxygen atoms in total. The summed E-state index contributed by atoms with van der Waals surface area (Å²) in [4.78, 5) is 27.6. The molecule has 0 radical (unpaired) electrons. The van der Waals surface area contributed by atoms with Gasteiger partial charge in [-0.2, -0.15) is 0 Å². The van der Waals surface area contributed by atoms with Gasteiger partial charge in [-0.3, -0.25) is 14.2 Å². The molecule has 1 aliphatic heterocycles. The Morgan fingerprint density at radius 3 is 3.00 bits per heavy atom. The number of rotatable bonds is 1. The number of para-hydroxylation sites is 1. The fourth-order valence-electron chi connectivity index (χ4n) is 2.23. The predicted molar refractivity (Wildman–Crippen MR) is 70.4 cm³/mol. The third kappa shape index (κ3) is 1.93. The van der Waals surface area contributed by atoms with Crippen LogP contribution in [0, 0.1) is 0 Å². The van der Waals surface area contributed by atoms with E-state index in [1.54, 1.807) is 16.7 Å². The van der Waals surface area contributed by atoms with Crippen LogP contribution in [0.2, 0.25) is 0 Å². The normalized spacial score (nSPS) is 15.7. The van der Waals surface area contributed by atoms with E-state index in [1.165, 1.54) is 13.2 Å². The quantitative estimate of drug-likeness (QED) is 0.575. The van der Waals surface area contributed by atoms with Gasteiger partial charge in [-0.15, -0.1) is 0 Å². The summed E-state index contributed by atoms with van der Waals surface area (Å²) in [6, 6.07) is 7.24. The molecule has 3 rings (SSSR count). The molecule has 0 saturated heterocycles. The molecule has 0 amide bonds. The van der Waals surface area contributed by atoms with Crippen LogP contribution in [-0.2, 0) is 16.1 Å². The van der Waals surface area contributed by atoms with Crippen LogP contribution in [0.5, 0.6) is 0 Å². The Balaban J connectivity index is 2.19. The molecule has 0 saturated carbocycles. The van der Waals surface area contributed by atoms with E-state index in [0.717, 1.165) is 5.57 Å². The van der Waals surface area contributed by atoms with Crippen LogP contribution < -0.4 is 5.56 Å². The number of allylic oxidation sites excluding steroid dienone is 1. The molecule has 0 bridgehead atoms. The van der Waals surface area contributed by atoms with Gasteiger partial charge in [-0.1, -0.05) is 12.1 Å². The Morgan fingerprint density at radius 1 is 1.42 bits per heavy atom. The number of hydrogen-bond acceptors (Lipinski definition) is 4. The van der Waals surface area contributed by atoms with Crippen molar-refractivity contribution in [1.29, 1.82) is 0 Å². The minimum atomic E-state index is -0.380. The summed E-state index contributed by atoms with van der Waals surface area (Å²) < 4.78 is 6.50. The first-order valence-electron chi connectivity index (χ1n) is 6.03. The number of carbonyl (C=O) groups excluding carboxylic acids is 1. The maximum atomic E-state index is 12.3. The summed E-state index contributed by atoms with van der Waals surface area (Å²) >= 11 is 0. The summed E-state index contributed by atoms with van der Waals surface area (Å²) in [7, 11) is 0. The van der Waals surface area contributed by atoms with Crippen LogP contribution in [0.25, 0.3) is 16.5 Å². The predicted octanol–water partition coefficient (Wildman–Crippen LogP) is 1.70. The van der Waals surface area contributed by atoms with Crippen LogP contribution in [0.1, 0.15) is 19.2 Å². The molecule has 1 aromatic heterocycles. The highest BCUT2D eigenvalue weighted by molar-refractivity contribution is 5.80. The number of hydrogen-bond donors (Lipinski definition) is 0. The van der Waals surface area contributed by atoms with Gasteiger partial charge in [0.1, 0.15) is 12.1 Å². The van der Waals surface area contributed by atoms with Gasteiger partial charge in [-0.05, 0) is 18.6 Å². The van der Waals surface area contributed by atoms with Gasteiger partial charge < -0.3 is 4.74 Å². The number of ether oxygens (including phenoxy) is 1. The van der Waals surface area contributed by atoms with Crippen molar-refractivity contribution < 1.29 is 9.53 Å². The van der Waals surface area contributed by atoms with Crippen molar-refractivity contribution >= 4 is 22.4 Å². The third-order valence-electron chi connectivity index (χ3n) is 3.12. The van der Waals surface area contributed by atoms with E-state index in [-0.39, 0.29) is 11.5 Å². The highest BCUT2D eigenvalue weighted by Gasteiger charge is 2.21. The molecule has 96 valence electrons. The molecule has 1 aromatic carbocycles. The summed E-state index contributed by atoms with van der Waals surface area (Å²) in [6.45, 7) is 1.91. The molecule has 19 heavy (non-hydrogen) atoms. The lowest BCUT2D eigenvalue weighted by Crippen LogP contribution is -2.20. The summed E-state index contributed by atoms with van der Waals surface area (Å²) in [6.07, 6.45) is 2.04. The molecule has 1 aliphatic rings. The van der Waals surface area contributed by atoms with Crippen molar-refractivity contribution in [3.8, 4) is 0 Å². The minimum absolute atomic E-state index is 0.0492. The Morgan fingerprint density at radius 2 is 2.21 bits per heavy atom. The van der Waals surface area contributed by atoms with Crippen LogP contribution in [0.3, 0.4) is 0 Å². The van der Waals surface area contributed by atoms with Crippen molar-refractivity contribution in [2.24, 2.45) is 0 Å². The average molecular weight is 256 g/mol. The van der Waals surface area contributed by atoms with Crippen molar-refractivity contribution in [1.82, 2.24) is 9.55 Å². The maximum Gasteiger partial charge on any atom is 0.307 e. The highest BCUT2D eigenvalue weighted by atomic mass is 16.5. The fraction of sp³-hybridized carbons (Fsp3) is 0.214. The molecule has 0 fully saturated rings. The summed E-state index contributed by atoms with van der Waals surface area (Å²) in [5.74, 6) is 0.207. The molecule has 2 heterocycles. The lowest BCUT2D eigenvalue weighted by atomic mass is 10.2. The number of fused-ring (bicyclic) bond motifs is 2. The third-order valence-corrected chi connectivity index (χ3v) is 3.12. The molecule has 0 unspecified atom stereocenters. The monoisotopic (exact) mass is 256 g/mol. The first-order chi connectivity index (χ1) is 9.16. The zero-order chi connectivity index (χ0) is 13.4. The van der Waals surface area contributed by atoms with E-state index >= 15 is 0 Å². The van der Waals surface area contributed by atoms with E-state index in [9.17, 15) is 9.59 Å². The average Bonchev–Trinajstić information content (AvgIpc) is 2.80. The number of esters is 1. The number of nitrogens with zero attached hydrogens (tertiary/aromatic N) is 2. The van der Waals surface area contributed by atoms with Gasteiger partial charge in [0.2, 0.25) is 0 Å². The van der Waals surface area contributed by atoms with Crippen LogP contribution >= 0.6 is 0 Å². The van der Waals surface area contributed by atoms with Gasteiger partial charge in [-0.25, -0.2) is 4.98 Å². The number of carbonyl (C=O) groups is 1. The lowest BCUT2D eigenvalue weighted by Gasteiger charge is -2.04. The fourth-order valence-corrected chi connectivity index (χ4v) is 2.23. The Bertz CT molecular complexity index is 759. The van der Waals surface area contributed by atoms with E-state index < -0.39 is 0 Å². The maximum absolute atomic E-state index is 12.3. The van der Waals surface area contributed by atoms with Gasteiger partial charge in [0.15, 0.2) is 0 Å². The van der Waals surface area contributed by atoms with Crippen molar-refractivity contribution in [2.75, 3.05) is 0 Å². The topological polar surface area (TPSA) is 61.2 Å². The molecular weight excluding hydrogens is 244 g/mol. The standard InChI is InChI=1S/C14H12N2O3/c1-9(17)19-8-10-6-7-16-13(10)15-12-5-3-2-4-11(12)14(16)18/h2-5,8H,6-7H2,1H3/b10-8+. The van der Waals surface area contributed by atoms with Gasteiger partial charge in [0, 0.05) is 19.0 Å². The SMILES string of the molecule is CC(=O)O/C=C1\CCn2c1nc1ccccc1c2=O. The van der Waals surface area contributed by atoms with E-state index in [0.29, 0.717) is 29.7 Å². The van der Waals surface area contributed by atoms with Gasteiger partial charge in [0.25, 0.3) is 5.56 Å². The summed E-state index contributed by atoms with van der Waals surface area (Å²) in [5, 5.41) is 0.611. The first-order valence-corrected chi connectivity index (χ1v) is 6.03. The number of benzene rings is 1. The summed E-state index contributed by atoms with van der Waals surface area (Å²) in [5.41, 5.74) is 1.39. The lowest BCUT2D eigenvalue weighted by molar-refractivity contribution is -0.135. The smallest absolute Gasteiger partial charge is 0.307 e. The second-order valence-electron chi connectivity index (χ2n) is 4.41. The zero-order valence-electron chi connectivity index (χ0n) is 10.4. The van der Waals surface area contributed by atoms with E-state index in [2.05, 4.69) is 4.98 Å². The van der Waals surface area contributed by atoms with Gasteiger partial charge in [0.05, 0.1) is 10.9 Å². The molecule has 2 aromatic rings. The zero-order valence-corrected chi connectivity index (χ0v) is 10.4. The second-order valence-corrected chi connectivity index (χ2v) is 4.41. The van der Waals surface area contributed by atoms with E-state index in [4.69, 9.17) is 4.74 Å². The molecule has 0 N–H and O–H groups in total. The molecule has 5 heteroatoms. The largest absolute Gasteiger partial charge is 0.434 e. The first kappa shape index (κ1) is 11.6. The highest BCUT2D eigenvalue weighted by Crippen LogP contribution is 2.24. The van der Waals surface area contributed by atoms with Crippen molar-refractivity contribution in [3.63, 3.8) is 0 Å². The molecule has 0 spiro atoms. The van der Waals surface area contributed by atoms with Gasteiger partial charge >= 0.3 is 5.97 Å². The molecule has 0 atom stereocenters. The van der Waals surface area contributed by atoms with Crippen molar-refractivity contribution in [3.05, 3.63) is 46.7 Å². The second kappa shape index (κ2) is 4.35. The molecule has 0 aliphatic carbocycles. The van der Waals surface area contributed by atoms with E-state index in [1.807, 2.05) is 12.1 Å². The van der Waals surface area contributed by atoms with Crippen LogP contribution in [0.15, 0.2) is 35.3 Å². The number of aromatic nitrogens is 2. The van der Waals surface area contributed by atoms with Crippen LogP contribution in [0.4, 0.5) is 0 Å². The minimum Gasteiger partial charge on any atom is -0.434 e. The Labute approximate surface area is 109 Å². The van der Waals surface area contributed by atoms with Crippen LogP contribution in [-0.4, -0.2) is 15.5 Å². The Kier molecular flexibility index (Phi) is 2.67. The molecular formula is C14H12N2O3. The van der Waals surface area contributed by atoms with Crippen molar-refractivity contribution in [2.45, 2.75) is 19.9 Å². The Hall–Kier alpha value is -2.43.